The lowest BCUT2D eigenvalue weighted by Gasteiger charge is -2.63. The fraction of sp³-hybridized carbons (Fsp3) is 0.958. The molecule has 0 saturated heterocycles. The minimum absolute atomic E-state index is 0.0963. The van der Waals surface area contributed by atoms with Crippen LogP contribution < -0.4 is 0 Å². The van der Waals surface area contributed by atoms with E-state index in [1.54, 1.807) is 6.92 Å². The number of carbonyl (C=O) groups is 1. The van der Waals surface area contributed by atoms with Crippen molar-refractivity contribution in [2.45, 2.75) is 104 Å². The first-order valence-electron chi connectivity index (χ1n) is 11.7. The van der Waals surface area contributed by atoms with Gasteiger partial charge in [-0.25, -0.2) is 4.89 Å². The standard InChI is InChI=1S/C24H40O4/c1-6-24(28-26)12-10-20-19-8-7-17-14-18(27-16(3)25)13-15(2)23(17,5)21(19)9-11-22(20,24)4/h15,17-21,26H,6-14H2,1-5H3/t15?,17?,18?,19-,20-,21-,22-,23-,24+/m0/s1. The smallest absolute Gasteiger partial charge is 0.302 e. The average molecular weight is 393 g/mol. The number of hydrogen-bond donors (Lipinski definition) is 1. The minimum Gasteiger partial charge on any atom is -0.463 e. The lowest BCUT2D eigenvalue weighted by Crippen LogP contribution is -2.59. The molecule has 3 unspecified atom stereocenters. The maximum Gasteiger partial charge on any atom is 0.302 e. The summed E-state index contributed by atoms with van der Waals surface area (Å²) in [5.41, 5.74) is 0.0937. The molecule has 0 aromatic heterocycles. The molecule has 4 aliphatic rings. The third-order valence-electron chi connectivity index (χ3n) is 10.6. The molecule has 0 radical (unpaired) electrons. The van der Waals surface area contributed by atoms with Gasteiger partial charge in [0, 0.05) is 12.3 Å². The first-order chi connectivity index (χ1) is 13.2. The Kier molecular flexibility index (Phi) is 5.14. The van der Waals surface area contributed by atoms with Crippen LogP contribution in [-0.4, -0.2) is 22.9 Å². The Hall–Kier alpha value is -0.610. The molecule has 0 aliphatic heterocycles. The summed E-state index contributed by atoms with van der Waals surface area (Å²) in [7, 11) is 0. The number of esters is 1. The van der Waals surface area contributed by atoms with Crippen molar-refractivity contribution in [2.75, 3.05) is 0 Å². The highest BCUT2D eigenvalue weighted by molar-refractivity contribution is 5.66. The molecule has 0 amide bonds. The Morgan fingerprint density at radius 3 is 2.43 bits per heavy atom. The van der Waals surface area contributed by atoms with Crippen LogP contribution in [0, 0.1) is 40.4 Å². The van der Waals surface area contributed by atoms with Crippen molar-refractivity contribution in [3.05, 3.63) is 0 Å². The summed E-state index contributed by atoms with van der Waals surface area (Å²) in [5.74, 6) is 3.28. The molecule has 0 spiro atoms. The van der Waals surface area contributed by atoms with Gasteiger partial charge in [0.15, 0.2) is 0 Å². The van der Waals surface area contributed by atoms with Crippen molar-refractivity contribution in [1.29, 1.82) is 0 Å². The van der Waals surface area contributed by atoms with E-state index in [0.717, 1.165) is 43.9 Å². The van der Waals surface area contributed by atoms with Crippen LogP contribution >= 0.6 is 0 Å². The normalized spacial score (nSPS) is 53.1. The van der Waals surface area contributed by atoms with Gasteiger partial charge in [0.25, 0.3) is 0 Å². The minimum atomic E-state index is -0.348. The summed E-state index contributed by atoms with van der Waals surface area (Å²) >= 11 is 0. The molecule has 0 aromatic carbocycles. The molecule has 0 bridgehead atoms. The highest BCUT2D eigenvalue weighted by Gasteiger charge is 2.66. The van der Waals surface area contributed by atoms with Crippen molar-refractivity contribution in [3.8, 4) is 0 Å². The number of hydrogen-bond acceptors (Lipinski definition) is 4. The molecule has 4 aliphatic carbocycles. The predicted octanol–water partition coefficient (Wildman–Crippen LogP) is 5.85. The molecular formula is C24H40O4. The number of carbonyl (C=O) groups excluding carboxylic acids is 1. The van der Waals surface area contributed by atoms with Gasteiger partial charge in [-0.15, -0.1) is 0 Å². The Labute approximate surface area is 170 Å². The molecule has 28 heavy (non-hydrogen) atoms. The van der Waals surface area contributed by atoms with Crippen LogP contribution in [0.4, 0.5) is 0 Å². The van der Waals surface area contributed by atoms with Gasteiger partial charge in [-0.3, -0.25) is 10.1 Å². The quantitative estimate of drug-likeness (QED) is 0.372. The lowest BCUT2D eigenvalue weighted by atomic mass is 9.42. The van der Waals surface area contributed by atoms with E-state index in [4.69, 9.17) is 9.62 Å². The topological polar surface area (TPSA) is 55.8 Å². The lowest BCUT2D eigenvalue weighted by molar-refractivity contribution is -0.356. The Bertz CT molecular complexity index is 614. The molecule has 4 nitrogen and oxygen atoms in total. The fourth-order valence-corrected chi connectivity index (χ4v) is 8.89. The second-order valence-corrected chi connectivity index (χ2v) is 11.1. The zero-order valence-corrected chi connectivity index (χ0v) is 18.5. The maximum absolute atomic E-state index is 11.5. The molecule has 0 heterocycles. The number of ether oxygens (including phenoxy) is 1. The second-order valence-electron chi connectivity index (χ2n) is 11.1. The van der Waals surface area contributed by atoms with Gasteiger partial charge in [-0.05, 0) is 92.8 Å². The van der Waals surface area contributed by atoms with Crippen molar-refractivity contribution in [1.82, 2.24) is 0 Å². The molecule has 160 valence electrons. The van der Waals surface area contributed by atoms with Gasteiger partial charge in [0.05, 0.1) is 0 Å². The van der Waals surface area contributed by atoms with Crippen molar-refractivity contribution in [3.63, 3.8) is 0 Å². The van der Waals surface area contributed by atoms with E-state index < -0.39 is 0 Å². The average Bonchev–Trinajstić information content (AvgIpc) is 2.95. The van der Waals surface area contributed by atoms with Crippen LogP contribution in [0.3, 0.4) is 0 Å². The van der Waals surface area contributed by atoms with Gasteiger partial charge in [-0.1, -0.05) is 27.7 Å². The van der Waals surface area contributed by atoms with Crippen molar-refractivity contribution < 1.29 is 19.7 Å². The summed E-state index contributed by atoms with van der Waals surface area (Å²) in [6.07, 6.45) is 10.2. The SMILES string of the molecule is CC[C@@]1(OO)CC[C@H]2[C@@H]3CCC4CC(OC(C)=O)CC(C)[C@]4(C)[C@H]3CC[C@@]21C. The van der Waals surface area contributed by atoms with E-state index >= 15 is 0 Å². The van der Waals surface area contributed by atoms with Crippen LogP contribution in [0.25, 0.3) is 0 Å². The fourth-order valence-electron chi connectivity index (χ4n) is 8.89. The highest BCUT2D eigenvalue weighted by atomic mass is 17.1. The van der Waals surface area contributed by atoms with Gasteiger partial charge in [0.1, 0.15) is 11.7 Å². The Morgan fingerprint density at radius 1 is 1.07 bits per heavy atom. The van der Waals surface area contributed by atoms with E-state index in [0.29, 0.717) is 23.2 Å². The zero-order valence-electron chi connectivity index (χ0n) is 18.5. The highest BCUT2D eigenvalue weighted by Crippen LogP contribution is 2.70. The molecule has 4 fully saturated rings. The molecule has 4 heteroatoms. The van der Waals surface area contributed by atoms with Crippen LogP contribution in [0.15, 0.2) is 0 Å². The van der Waals surface area contributed by atoms with Gasteiger partial charge >= 0.3 is 5.97 Å². The van der Waals surface area contributed by atoms with E-state index in [1.165, 1.54) is 25.7 Å². The monoisotopic (exact) mass is 392 g/mol. The van der Waals surface area contributed by atoms with Crippen LogP contribution in [0.1, 0.15) is 92.4 Å². The van der Waals surface area contributed by atoms with E-state index in [2.05, 4.69) is 27.7 Å². The molecular weight excluding hydrogens is 352 g/mol. The molecule has 0 aromatic rings. The maximum atomic E-state index is 11.5. The van der Waals surface area contributed by atoms with Crippen molar-refractivity contribution in [2.24, 2.45) is 40.4 Å². The molecule has 4 rings (SSSR count). The number of rotatable bonds is 3. The summed E-state index contributed by atoms with van der Waals surface area (Å²) in [4.78, 5) is 16.8. The first kappa shape index (κ1) is 20.7. The molecule has 4 saturated carbocycles. The van der Waals surface area contributed by atoms with E-state index in [1.807, 2.05) is 0 Å². The van der Waals surface area contributed by atoms with E-state index in [-0.39, 0.29) is 23.1 Å². The zero-order chi connectivity index (χ0) is 20.3. The third-order valence-corrected chi connectivity index (χ3v) is 10.6. The van der Waals surface area contributed by atoms with Gasteiger partial charge in [0.2, 0.25) is 0 Å². The van der Waals surface area contributed by atoms with Crippen LogP contribution in [0.5, 0.6) is 0 Å². The van der Waals surface area contributed by atoms with E-state index in [9.17, 15) is 10.1 Å². The van der Waals surface area contributed by atoms with Gasteiger partial charge < -0.3 is 4.74 Å². The molecule has 1 N–H and O–H groups in total. The van der Waals surface area contributed by atoms with Crippen LogP contribution in [0.2, 0.25) is 0 Å². The number of fused-ring (bicyclic) bond motifs is 5. The summed E-state index contributed by atoms with van der Waals surface area (Å²) in [6.45, 7) is 11.1. The summed E-state index contributed by atoms with van der Waals surface area (Å²) in [5, 5.41) is 9.86. The third kappa shape index (κ3) is 2.66. The Morgan fingerprint density at radius 2 is 1.79 bits per heavy atom. The Balaban J connectivity index is 1.60. The van der Waals surface area contributed by atoms with Crippen LogP contribution in [-0.2, 0) is 14.4 Å². The second kappa shape index (κ2) is 6.97. The van der Waals surface area contributed by atoms with Gasteiger partial charge in [-0.2, -0.15) is 0 Å². The summed E-state index contributed by atoms with van der Waals surface area (Å²) in [6, 6.07) is 0. The molecule has 9 atom stereocenters. The van der Waals surface area contributed by atoms with Crippen molar-refractivity contribution >= 4 is 5.97 Å². The summed E-state index contributed by atoms with van der Waals surface area (Å²) < 4.78 is 5.65. The largest absolute Gasteiger partial charge is 0.463 e. The first-order valence-corrected chi connectivity index (χ1v) is 11.7. The predicted molar refractivity (Wildman–Crippen MR) is 109 cm³/mol.